The lowest BCUT2D eigenvalue weighted by molar-refractivity contribution is 0.0648. The normalized spacial score (nSPS) is 17.5. The van der Waals surface area contributed by atoms with Crippen molar-refractivity contribution in [2.75, 3.05) is 32.7 Å². The molecule has 1 saturated heterocycles. The van der Waals surface area contributed by atoms with Crippen LogP contribution in [0.2, 0.25) is 5.02 Å². The molecule has 3 nitrogen and oxygen atoms in total. The third-order valence-electron chi connectivity index (χ3n) is 4.70. The molecule has 2 aliphatic rings. The van der Waals surface area contributed by atoms with E-state index in [2.05, 4.69) is 24.0 Å². The molecule has 1 aromatic heterocycles. The standard InChI is InChI=1S/C18H19ClN2OS2/c1-2-20-5-7-21(8-6-20)18(22)16-9-12-11-23-15-10-13(19)3-4-14(15)17(12)24-16/h3-4,9-10H,2,5-8,11H2,1H3. The molecule has 1 aromatic carbocycles. The smallest absolute Gasteiger partial charge is 0.264 e. The average Bonchev–Trinajstić information content (AvgIpc) is 3.05. The van der Waals surface area contributed by atoms with E-state index in [-0.39, 0.29) is 5.91 Å². The van der Waals surface area contributed by atoms with Crippen LogP contribution in [-0.4, -0.2) is 48.4 Å². The minimum atomic E-state index is 0.186. The van der Waals surface area contributed by atoms with Crippen LogP contribution < -0.4 is 0 Å². The minimum Gasteiger partial charge on any atom is -0.335 e. The van der Waals surface area contributed by atoms with E-state index in [0.29, 0.717) is 0 Å². The van der Waals surface area contributed by atoms with Crippen molar-refractivity contribution in [1.82, 2.24) is 9.80 Å². The molecule has 0 bridgehead atoms. The van der Waals surface area contributed by atoms with Gasteiger partial charge in [-0.05, 0) is 30.3 Å². The van der Waals surface area contributed by atoms with Crippen molar-refractivity contribution in [3.63, 3.8) is 0 Å². The maximum atomic E-state index is 12.9. The van der Waals surface area contributed by atoms with Crippen LogP contribution in [0.3, 0.4) is 0 Å². The third-order valence-corrected chi connectivity index (χ3v) is 7.24. The topological polar surface area (TPSA) is 23.6 Å². The summed E-state index contributed by atoms with van der Waals surface area (Å²) in [6.45, 7) is 6.85. The summed E-state index contributed by atoms with van der Waals surface area (Å²) >= 11 is 9.54. The van der Waals surface area contributed by atoms with Crippen LogP contribution in [0.15, 0.2) is 29.2 Å². The van der Waals surface area contributed by atoms with Crippen LogP contribution >= 0.6 is 34.7 Å². The van der Waals surface area contributed by atoms with E-state index in [9.17, 15) is 4.79 Å². The number of carbonyl (C=O) groups is 1. The molecule has 0 spiro atoms. The first-order chi connectivity index (χ1) is 11.7. The van der Waals surface area contributed by atoms with Gasteiger partial charge < -0.3 is 9.80 Å². The fourth-order valence-corrected chi connectivity index (χ4v) is 5.91. The molecule has 1 amide bonds. The Morgan fingerprint density at radius 1 is 1.21 bits per heavy atom. The minimum absolute atomic E-state index is 0.186. The van der Waals surface area contributed by atoms with Crippen molar-refractivity contribution < 1.29 is 4.79 Å². The van der Waals surface area contributed by atoms with Gasteiger partial charge in [0.2, 0.25) is 0 Å². The van der Waals surface area contributed by atoms with Crippen molar-refractivity contribution in [2.45, 2.75) is 17.6 Å². The predicted octanol–water partition coefficient (Wildman–Crippen LogP) is 4.45. The van der Waals surface area contributed by atoms with E-state index in [4.69, 9.17) is 11.6 Å². The number of rotatable bonds is 2. The molecule has 4 rings (SSSR count). The van der Waals surface area contributed by atoms with Gasteiger partial charge in [0.05, 0.1) is 4.88 Å². The summed E-state index contributed by atoms with van der Waals surface area (Å²) in [6, 6.07) is 8.13. The Morgan fingerprint density at radius 2 is 2.00 bits per heavy atom. The number of piperazine rings is 1. The lowest BCUT2D eigenvalue weighted by Gasteiger charge is -2.33. The van der Waals surface area contributed by atoms with Gasteiger partial charge in [-0.25, -0.2) is 0 Å². The summed E-state index contributed by atoms with van der Waals surface area (Å²) < 4.78 is 0. The molecule has 0 saturated carbocycles. The van der Waals surface area contributed by atoms with E-state index in [0.717, 1.165) is 48.4 Å². The second-order valence-electron chi connectivity index (χ2n) is 6.12. The number of benzene rings is 1. The van der Waals surface area contributed by atoms with Crippen LogP contribution in [-0.2, 0) is 5.75 Å². The van der Waals surface area contributed by atoms with Gasteiger partial charge in [0, 0.05) is 52.3 Å². The number of likely N-dealkylation sites (N-methyl/N-ethyl adjacent to an activating group) is 1. The molecule has 0 atom stereocenters. The van der Waals surface area contributed by atoms with Crippen molar-refractivity contribution in [2.24, 2.45) is 0 Å². The van der Waals surface area contributed by atoms with E-state index >= 15 is 0 Å². The van der Waals surface area contributed by atoms with E-state index in [1.54, 1.807) is 23.1 Å². The van der Waals surface area contributed by atoms with Gasteiger partial charge in [0.25, 0.3) is 5.91 Å². The van der Waals surface area contributed by atoms with Crippen LogP contribution in [0.25, 0.3) is 10.4 Å². The first-order valence-corrected chi connectivity index (χ1v) is 10.4. The number of fused-ring (bicyclic) bond motifs is 3. The monoisotopic (exact) mass is 378 g/mol. The fourth-order valence-electron chi connectivity index (χ4n) is 3.25. The van der Waals surface area contributed by atoms with Crippen LogP contribution in [0.5, 0.6) is 0 Å². The number of thioether (sulfide) groups is 1. The van der Waals surface area contributed by atoms with Crippen molar-refractivity contribution >= 4 is 40.6 Å². The maximum absolute atomic E-state index is 12.9. The summed E-state index contributed by atoms with van der Waals surface area (Å²) in [5.41, 5.74) is 2.49. The highest BCUT2D eigenvalue weighted by Gasteiger charge is 2.26. The number of thiophene rings is 1. The van der Waals surface area contributed by atoms with Crippen molar-refractivity contribution in [3.8, 4) is 10.4 Å². The molecule has 126 valence electrons. The van der Waals surface area contributed by atoms with Crippen LogP contribution in [0.4, 0.5) is 0 Å². The molecule has 0 radical (unpaired) electrons. The lowest BCUT2D eigenvalue weighted by atomic mass is 10.1. The molecule has 2 aliphatic heterocycles. The van der Waals surface area contributed by atoms with E-state index in [1.807, 2.05) is 17.0 Å². The van der Waals surface area contributed by atoms with Crippen LogP contribution in [0, 0.1) is 0 Å². The van der Waals surface area contributed by atoms with Gasteiger partial charge >= 0.3 is 0 Å². The number of halogens is 1. The number of carbonyl (C=O) groups excluding carboxylic acids is 1. The maximum Gasteiger partial charge on any atom is 0.264 e. The van der Waals surface area contributed by atoms with Crippen molar-refractivity contribution in [1.29, 1.82) is 0 Å². The molecule has 24 heavy (non-hydrogen) atoms. The Labute approximate surface area is 155 Å². The SMILES string of the molecule is CCN1CCN(C(=O)c2cc3c(s2)-c2ccc(Cl)cc2SC3)CC1. The molecule has 1 fully saturated rings. The number of nitrogens with zero attached hydrogens (tertiary/aromatic N) is 2. The zero-order chi connectivity index (χ0) is 16.7. The summed E-state index contributed by atoms with van der Waals surface area (Å²) in [6.07, 6.45) is 0. The number of amides is 1. The van der Waals surface area contributed by atoms with Gasteiger partial charge in [0.1, 0.15) is 0 Å². The predicted molar refractivity (Wildman–Crippen MR) is 102 cm³/mol. The molecule has 6 heteroatoms. The molecule has 0 unspecified atom stereocenters. The van der Waals surface area contributed by atoms with E-state index < -0.39 is 0 Å². The molecule has 0 N–H and O–H groups in total. The van der Waals surface area contributed by atoms with Gasteiger partial charge in [-0.1, -0.05) is 24.6 Å². The number of hydrogen-bond donors (Lipinski definition) is 0. The van der Waals surface area contributed by atoms with Gasteiger partial charge in [-0.3, -0.25) is 4.79 Å². The third kappa shape index (κ3) is 2.99. The molecule has 3 heterocycles. The highest BCUT2D eigenvalue weighted by atomic mass is 35.5. The van der Waals surface area contributed by atoms with E-state index in [1.165, 1.54) is 20.9 Å². The first-order valence-electron chi connectivity index (χ1n) is 8.22. The quantitative estimate of drug-likeness (QED) is 0.771. The van der Waals surface area contributed by atoms with Crippen molar-refractivity contribution in [3.05, 3.63) is 39.7 Å². The second-order valence-corrected chi connectivity index (χ2v) is 8.63. The fraction of sp³-hybridized carbons (Fsp3) is 0.389. The lowest BCUT2D eigenvalue weighted by Crippen LogP contribution is -2.48. The van der Waals surface area contributed by atoms with Gasteiger partial charge in [0.15, 0.2) is 0 Å². The van der Waals surface area contributed by atoms with Crippen LogP contribution in [0.1, 0.15) is 22.2 Å². The Hall–Kier alpha value is -1.01. The first kappa shape index (κ1) is 16.5. The summed E-state index contributed by atoms with van der Waals surface area (Å²) in [4.78, 5) is 20.6. The Balaban J connectivity index is 1.59. The number of hydrogen-bond acceptors (Lipinski definition) is 4. The van der Waals surface area contributed by atoms with Gasteiger partial charge in [-0.2, -0.15) is 0 Å². The second kappa shape index (κ2) is 6.71. The van der Waals surface area contributed by atoms with Gasteiger partial charge in [-0.15, -0.1) is 23.1 Å². The highest BCUT2D eigenvalue weighted by molar-refractivity contribution is 7.98. The molecular formula is C18H19ClN2OS2. The zero-order valence-corrected chi connectivity index (χ0v) is 15.9. The zero-order valence-electron chi connectivity index (χ0n) is 13.5. The Morgan fingerprint density at radius 3 is 2.75 bits per heavy atom. The largest absolute Gasteiger partial charge is 0.335 e. The summed E-state index contributed by atoms with van der Waals surface area (Å²) in [5.74, 6) is 1.10. The molecule has 0 aliphatic carbocycles. The highest BCUT2D eigenvalue weighted by Crippen LogP contribution is 2.46. The molecular weight excluding hydrogens is 360 g/mol. The summed E-state index contributed by atoms with van der Waals surface area (Å²) in [5, 5.41) is 0.770. The summed E-state index contributed by atoms with van der Waals surface area (Å²) in [7, 11) is 0. The average molecular weight is 379 g/mol. The molecule has 2 aromatic rings. The Bertz CT molecular complexity index is 781. The Kier molecular flexibility index (Phi) is 4.60.